The second kappa shape index (κ2) is 4.60. The van der Waals surface area contributed by atoms with E-state index in [1.807, 2.05) is 0 Å². The molecule has 14 heavy (non-hydrogen) atoms. The molecule has 0 aliphatic carbocycles. The van der Waals surface area contributed by atoms with Crippen LogP contribution in [0.3, 0.4) is 0 Å². The van der Waals surface area contributed by atoms with E-state index < -0.39 is 11.9 Å². The van der Waals surface area contributed by atoms with Gasteiger partial charge in [-0.25, -0.2) is 4.39 Å². The number of aliphatic hydroxyl groups is 1. The molecule has 0 aromatic heterocycles. The van der Waals surface area contributed by atoms with E-state index in [1.165, 1.54) is 6.07 Å². The van der Waals surface area contributed by atoms with E-state index in [0.29, 0.717) is 4.47 Å². The molecule has 1 rings (SSSR count). The first-order valence-corrected chi connectivity index (χ1v) is 5.43. The number of rotatable bonds is 2. The highest BCUT2D eigenvalue weighted by Gasteiger charge is 2.21. The smallest absolute Gasteiger partial charge is 0.144 e. The van der Waals surface area contributed by atoms with Crippen LogP contribution in [0.4, 0.5) is 4.39 Å². The third kappa shape index (κ3) is 2.27. The predicted octanol–water partition coefficient (Wildman–Crippen LogP) is 3.93. The largest absolute Gasteiger partial charge is 0.388 e. The Morgan fingerprint density at radius 1 is 1.43 bits per heavy atom. The summed E-state index contributed by atoms with van der Waals surface area (Å²) in [6, 6.07) is 3.09. The summed E-state index contributed by atoms with van der Waals surface area (Å²) in [5.74, 6) is -0.560. The molecule has 1 unspecified atom stereocenters. The van der Waals surface area contributed by atoms with Crippen LogP contribution in [0.15, 0.2) is 16.6 Å². The molecule has 0 aliphatic heterocycles. The van der Waals surface area contributed by atoms with Gasteiger partial charge < -0.3 is 5.11 Å². The SMILES string of the molecule is CC(C)C(O)c1c(Cl)ccc(Br)c1F. The average Bonchev–Trinajstić information content (AvgIpc) is 2.12. The summed E-state index contributed by atoms with van der Waals surface area (Å²) in [4.78, 5) is 0. The molecule has 0 saturated heterocycles. The van der Waals surface area contributed by atoms with E-state index >= 15 is 0 Å². The summed E-state index contributed by atoms with van der Waals surface area (Å²) in [6.45, 7) is 3.61. The molecule has 1 atom stereocenters. The van der Waals surface area contributed by atoms with Crippen molar-refractivity contribution in [2.75, 3.05) is 0 Å². The Morgan fingerprint density at radius 3 is 2.50 bits per heavy atom. The van der Waals surface area contributed by atoms with E-state index in [0.717, 1.165) is 0 Å². The third-order valence-electron chi connectivity index (χ3n) is 2.01. The zero-order valence-corrected chi connectivity index (χ0v) is 10.2. The Bertz CT molecular complexity index is 341. The number of benzene rings is 1. The van der Waals surface area contributed by atoms with Gasteiger partial charge in [0.2, 0.25) is 0 Å². The van der Waals surface area contributed by atoms with Crippen molar-refractivity contribution in [2.24, 2.45) is 5.92 Å². The predicted molar refractivity (Wildman–Crippen MR) is 58.9 cm³/mol. The Labute approximate surface area is 96.0 Å². The van der Waals surface area contributed by atoms with E-state index in [-0.39, 0.29) is 16.5 Å². The molecule has 4 heteroatoms. The number of aliphatic hydroxyl groups excluding tert-OH is 1. The summed E-state index contributed by atoms with van der Waals surface area (Å²) >= 11 is 8.87. The van der Waals surface area contributed by atoms with Crippen molar-refractivity contribution in [1.82, 2.24) is 0 Å². The highest BCUT2D eigenvalue weighted by atomic mass is 79.9. The molecule has 1 nitrogen and oxygen atoms in total. The quantitative estimate of drug-likeness (QED) is 0.814. The number of hydrogen-bond donors (Lipinski definition) is 1. The van der Waals surface area contributed by atoms with Crippen molar-refractivity contribution in [1.29, 1.82) is 0 Å². The van der Waals surface area contributed by atoms with Crippen LogP contribution < -0.4 is 0 Å². The van der Waals surface area contributed by atoms with Crippen molar-refractivity contribution in [3.8, 4) is 0 Å². The molecule has 1 aromatic carbocycles. The molecular formula is C10H11BrClFO. The van der Waals surface area contributed by atoms with Crippen molar-refractivity contribution in [3.63, 3.8) is 0 Å². The van der Waals surface area contributed by atoms with Gasteiger partial charge in [-0.2, -0.15) is 0 Å². The molecule has 0 amide bonds. The van der Waals surface area contributed by atoms with E-state index in [1.54, 1.807) is 19.9 Å². The minimum Gasteiger partial charge on any atom is -0.388 e. The van der Waals surface area contributed by atoms with Gasteiger partial charge >= 0.3 is 0 Å². The van der Waals surface area contributed by atoms with E-state index in [4.69, 9.17) is 11.6 Å². The molecule has 0 bridgehead atoms. The molecule has 78 valence electrons. The second-order valence-corrected chi connectivity index (χ2v) is 4.71. The molecule has 1 aromatic rings. The van der Waals surface area contributed by atoms with Crippen molar-refractivity contribution < 1.29 is 9.50 Å². The first-order valence-electron chi connectivity index (χ1n) is 4.26. The lowest BCUT2D eigenvalue weighted by molar-refractivity contribution is 0.123. The molecule has 0 radical (unpaired) electrons. The monoisotopic (exact) mass is 280 g/mol. The molecule has 0 heterocycles. The second-order valence-electron chi connectivity index (χ2n) is 3.45. The normalized spacial score (nSPS) is 13.4. The van der Waals surface area contributed by atoms with Crippen molar-refractivity contribution in [2.45, 2.75) is 20.0 Å². The molecule has 0 saturated carbocycles. The summed E-state index contributed by atoms with van der Waals surface area (Å²) in [7, 11) is 0. The fraction of sp³-hybridized carbons (Fsp3) is 0.400. The first-order chi connectivity index (χ1) is 6.45. The van der Waals surface area contributed by atoms with Crippen LogP contribution in [0.25, 0.3) is 0 Å². The topological polar surface area (TPSA) is 20.2 Å². The number of halogens is 3. The average molecular weight is 282 g/mol. The van der Waals surface area contributed by atoms with Gasteiger partial charge in [0.25, 0.3) is 0 Å². The first kappa shape index (κ1) is 12.0. The molecule has 0 aliphatic rings. The Hall–Kier alpha value is -0.120. The zero-order valence-electron chi connectivity index (χ0n) is 7.89. The van der Waals surface area contributed by atoms with Gasteiger partial charge in [0.1, 0.15) is 5.82 Å². The van der Waals surface area contributed by atoms with Crippen LogP contribution in [-0.2, 0) is 0 Å². The maximum Gasteiger partial charge on any atom is 0.144 e. The fourth-order valence-electron chi connectivity index (χ4n) is 1.15. The molecule has 0 fully saturated rings. The summed E-state index contributed by atoms with van der Waals surface area (Å²) in [6.07, 6.45) is -0.875. The highest BCUT2D eigenvalue weighted by Crippen LogP contribution is 2.33. The van der Waals surface area contributed by atoms with Crippen LogP contribution in [0, 0.1) is 11.7 Å². The van der Waals surface area contributed by atoms with Gasteiger partial charge in [-0.1, -0.05) is 25.4 Å². The van der Waals surface area contributed by atoms with Crippen LogP contribution in [0.5, 0.6) is 0 Å². The van der Waals surface area contributed by atoms with Gasteiger partial charge in [0.15, 0.2) is 0 Å². The van der Waals surface area contributed by atoms with Gasteiger partial charge in [-0.05, 0) is 34.0 Å². The Kier molecular flexibility index (Phi) is 3.93. The van der Waals surface area contributed by atoms with E-state index in [2.05, 4.69) is 15.9 Å². The van der Waals surface area contributed by atoms with Crippen molar-refractivity contribution in [3.05, 3.63) is 33.0 Å². The van der Waals surface area contributed by atoms with Gasteiger partial charge in [0.05, 0.1) is 10.6 Å². The Morgan fingerprint density at radius 2 is 2.00 bits per heavy atom. The van der Waals surface area contributed by atoms with Crippen LogP contribution in [0.1, 0.15) is 25.5 Å². The third-order valence-corrected chi connectivity index (χ3v) is 2.95. The summed E-state index contributed by atoms with van der Waals surface area (Å²) in [5.41, 5.74) is 0.163. The van der Waals surface area contributed by atoms with Gasteiger partial charge in [0, 0.05) is 10.6 Å². The van der Waals surface area contributed by atoms with E-state index in [9.17, 15) is 9.50 Å². The van der Waals surface area contributed by atoms with Crippen LogP contribution in [0.2, 0.25) is 5.02 Å². The highest BCUT2D eigenvalue weighted by molar-refractivity contribution is 9.10. The molecule has 1 N–H and O–H groups in total. The van der Waals surface area contributed by atoms with Gasteiger partial charge in [-0.3, -0.25) is 0 Å². The van der Waals surface area contributed by atoms with Crippen LogP contribution in [-0.4, -0.2) is 5.11 Å². The number of hydrogen-bond acceptors (Lipinski definition) is 1. The molecule has 0 spiro atoms. The maximum absolute atomic E-state index is 13.6. The maximum atomic E-state index is 13.6. The lowest BCUT2D eigenvalue weighted by atomic mass is 9.99. The minimum absolute atomic E-state index is 0.0729. The lowest BCUT2D eigenvalue weighted by Crippen LogP contribution is -2.08. The fourth-order valence-corrected chi connectivity index (χ4v) is 1.75. The van der Waals surface area contributed by atoms with Crippen LogP contribution >= 0.6 is 27.5 Å². The van der Waals surface area contributed by atoms with Crippen molar-refractivity contribution >= 4 is 27.5 Å². The zero-order chi connectivity index (χ0) is 10.9. The standard InChI is InChI=1S/C10H11BrClFO/c1-5(2)10(14)8-7(12)4-3-6(11)9(8)13/h3-5,10,14H,1-2H3. The summed E-state index contributed by atoms with van der Waals surface area (Å²) in [5, 5.41) is 10.00. The Balaban J connectivity index is 3.25. The molecular weight excluding hydrogens is 270 g/mol. The van der Waals surface area contributed by atoms with Gasteiger partial charge in [-0.15, -0.1) is 0 Å². The summed E-state index contributed by atoms with van der Waals surface area (Å²) < 4.78 is 13.9. The minimum atomic E-state index is -0.875. The lowest BCUT2D eigenvalue weighted by Gasteiger charge is -2.17.